The Morgan fingerprint density at radius 3 is 2.85 bits per heavy atom. The molecule has 1 rings (SSSR count). The molecule has 0 heterocycles. The first-order valence-corrected chi connectivity index (χ1v) is 3.89. The molecule has 0 saturated carbocycles. The molecular weight excluding hydrogens is 168 g/mol. The zero-order valence-corrected chi connectivity index (χ0v) is 7.63. The monoisotopic (exact) mass is 180 g/mol. The van der Waals surface area contributed by atoms with Crippen molar-refractivity contribution in [2.75, 3.05) is 14.2 Å². The number of methoxy groups -OCH3 is 1. The van der Waals surface area contributed by atoms with Crippen LogP contribution in [0.2, 0.25) is 0 Å². The number of rotatable bonds is 3. The van der Waals surface area contributed by atoms with Gasteiger partial charge in [0.15, 0.2) is 0 Å². The Balaban J connectivity index is 2.82. The van der Waals surface area contributed by atoms with Gasteiger partial charge in [-0.15, -0.1) is 0 Å². The molecule has 1 aromatic carbocycles. The molecule has 4 heteroatoms. The number of carbonyl (C=O) groups is 1. The second-order valence-electron chi connectivity index (χ2n) is 2.44. The fourth-order valence-corrected chi connectivity index (χ4v) is 0.950. The van der Waals surface area contributed by atoms with E-state index in [9.17, 15) is 4.79 Å². The lowest BCUT2D eigenvalue weighted by Gasteiger charge is -2.04. The maximum absolute atomic E-state index is 11.3. The van der Waals surface area contributed by atoms with Gasteiger partial charge in [0.2, 0.25) is 0 Å². The first-order chi connectivity index (χ1) is 6.27. The summed E-state index contributed by atoms with van der Waals surface area (Å²) < 4.78 is 4.98. The quantitative estimate of drug-likeness (QED) is 0.668. The summed E-state index contributed by atoms with van der Waals surface area (Å²) in [6.45, 7) is 0. The van der Waals surface area contributed by atoms with Crippen LogP contribution in [0.25, 0.3) is 0 Å². The van der Waals surface area contributed by atoms with Crippen LogP contribution < -0.4 is 15.6 Å². The molecule has 0 unspecified atom stereocenters. The number of hydrazine groups is 1. The van der Waals surface area contributed by atoms with Crippen molar-refractivity contribution in [2.45, 2.75) is 0 Å². The predicted molar refractivity (Wildman–Crippen MR) is 49.5 cm³/mol. The molecule has 0 bridgehead atoms. The van der Waals surface area contributed by atoms with E-state index in [-0.39, 0.29) is 5.91 Å². The summed E-state index contributed by atoms with van der Waals surface area (Å²) in [6.07, 6.45) is 0. The van der Waals surface area contributed by atoms with Crippen molar-refractivity contribution in [1.29, 1.82) is 0 Å². The van der Waals surface area contributed by atoms with Gasteiger partial charge in [-0.05, 0) is 18.2 Å². The maximum atomic E-state index is 11.3. The highest BCUT2D eigenvalue weighted by Crippen LogP contribution is 2.11. The van der Waals surface area contributed by atoms with Gasteiger partial charge < -0.3 is 4.74 Å². The van der Waals surface area contributed by atoms with E-state index in [1.807, 2.05) is 0 Å². The number of ether oxygens (including phenoxy) is 1. The van der Waals surface area contributed by atoms with Gasteiger partial charge in [-0.3, -0.25) is 10.2 Å². The topological polar surface area (TPSA) is 50.4 Å². The Morgan fingerprint density at radius 2 is 2.23 bits per heavy atom. The van der Waals surface area contributed by atoms with Crippen LogP contribution in [-0.4, -0.2) is 20.1 Å². The van der Waals surface area contributed by atoms with E-state index >= 15 is 0 Å². The lowest BCUT2D eigenvalue weighted by molar-refractivity contribution is 0.0937. The number of benzene rings is 1. The molecule has 0 saturated heterocycles. The third-order valence-corrected chi connectivity index (χ3v) is 1.57. The Bertz CT molecular complexity index is 299. The van der Waals surface area contributed by atoms with Gasteiger partial charge in [-0.1, -0.05) is 6.07 Å². The smallest absolute Gasteiger partial charge is 0.265 e. The first-order valence-electron chi connectivity index (χ1n) is 3.89. The molecule has 0 aliphatic rings. The summed E-state index contributed by atoms with van der Waals surface area (Å²) >= 11 is 0. The highest BCUT2D eigenvalue weighted by atomic mass is 16.5. The average Bonchev–Trinajstić information content (AvgIpc) is 2.18. The lowest BCUT2D eigenvalue weighted by atomic mass is 10.2. The van der Waals surface area contributed by atoms with Gasteiger partial charge in [0.1, 0.15) is 5.75 Å². The van der Waals surface area contributed by atoms with Crippen LogP contribution >= 0.6 is 0 Å². The van der Waals surface area contributed by atoms with Gasteiger partial charge >= 0.3 is 0 Å². The summed E-state index contributed by atoms with van der Waals surface area (Å²) in [5.41, 5.74) is 5.60. The molecule has 0 fully saturated rings. The Hall–Kier alpha value is -1.55. The fraction of sp³-hybridized carbons (Fsp3) is 0.222. The molecule has 13 heavy (non-hydrogen) atoms. The molecule has 1 amide bonds. The SMILES string of the molecule is CNNC(=O)c1cccc(OC)c1. The van der Waals surface area contributed by atoms with Crippen molar-refractivity contribution in [1.82, 2.24) is 10.9 Å². The van der Waals surface area contributed by atoms with Crippen LogP contribution in [0, 0.1) is 0 Å². The van der Waals surface area contributed by atoms with Crippen LogP contribution in [0.1, 0.15) is 10.4 Å². The second-order valence-corrected chi connectivity index (χ2v) is 2.44. The number of carbonyl (C=O) groups excluding carboxylic acids is 1. The van der Waals surface area contributed by atoms with E-state index in [1.165, 1.54) is 0 Å². The summed E-state index contributed by atoms with van der Waals surface area (Å²) in [5.74, 6) is 0.491. The van der Waals surface area contributed by atoms with Gasteiger partial charge in [0.05, 0.1) is 7.11 Å². The van der Waals surface area contributed by atoms with Crippen LogP contribution in [0.15, 0.2) is 24.3 Å². The fourth-order valence-electron chi connectivity index (χ4n) is 0.950. The molecule has 0 atom stereocenters. The van der Waals surface area contributed by atoms with E-state index in [0.29, 0.717) is 11.3 Å². The van der Waals surface area contributed by atoms with E-state index in [2.05, 4.69) is 10.9 Å². The van der Waals surface area contributed by atoms with Gasteiger partial charge in [-0.2, -0.15) is 0 Å². The number of nitrogens with one attached hydrogen (secondary N) is 2. The summed E-state index contributed by atoms with van der Waals surface area (Å²) in [6, 6.07) is 6.95. The second kappa shape index (κ2) is 4.47. The predicted octanol–water partition coefficient (Wildman–Crippen LogP) is 0.559. The normalized spacial score (nSPS) is 9.38. The van der Waals surface area contributed by atoms with Crippen LogP contribution in [0.4, 0.5) is 0 Å². The molecule has 1 aromatic rings. The maximum Gasteiger partial charge on any atom is 0.265 e. The molecule has 0 spiro atoms. The molecular formula is C9H12N2O2. The van der Waals surface area contributed by atoms with Crippen LogP contribution in [0.5, 0.6) is 5.75 Å². The Labute approximate surface area is 76.9 Å². The largest absolute Gasteiger partial charge is 0.497 e. The third-order valence-electron chi connectivity index (χ3n) is 1.57. The molecule has 0 radical (unpaired) electrons. The molecule has 70 valence electrons. The number of hydrogen-bond donors (Lipinski definition) is 2. The average molecular weight is 180 g/mol. The summed E-state index contributed by atoms with van der Waals surface area (Å²) in [5, 5.41) is 0. The van der Waals surface area contributed by atoms with Crippen LogP contribution in [0.3, 0.4) is 0 Å². The minimum atomic E-state index is -0.179. The van der Waals surface area contributed by atoms with E-state index in [0.717, 1.165) is 0 Å². The number of amides is 1. The zero-order chi connectivity index (χ0) is 9.68. The molecule has 0 aliphatic carbocycles. The van der Waals surface area contributed by atoms with Crippen molar-refractivity contribution in [2.24, 2.45) is 0 Å². The van der Waals surface area contributed by atoms with E-state index in [4.69, 9.17) is 4.74 Å². The minimum Gasteiger partial charge on any atom is -0.497 e. The van der Waals surface area contributed by atoms with Gasteiger partial charge in [0, 0.05) is 12.6 Å². The summed E-state index contributed by atoms with van der Waals surface area (Å²) in [4.78, 5) is 11.3. The van der Waals surface area contributed by atoms with Crippen molar-refractivity contribution in [3.63, 3.8) is 0 Å². The molecule has 2 N–H and O–H groups in total. The van der Waals surface area contributed by atoms with E-state index in [1.54, 1.807) is 38.4 Å². The zero-order valence-electron chi connectivity index (χ0n) is 7.63. The lowest BCUT2D eigenvalue weighted by Crippen LogP contribution is -2.34. The van der Waals surface area contributed by atoms with Gasteiger partial charge in [0.25, 0.3) is 5.91 Å². The molecule has 0 aromatic heterocycles. The van der Waals surface area contributed by atoms with Crippen molar-refractivity contribution in [3.05, 3.63) is 29.8 Å². The molecule has 4 nitrogen and oxygen atoms in total. The van der Waals surface area contributed by atoms with Gasteiger partial charge in [-0.25, -0.2) is 5.43 Å². The Morgan fingerprint density at radius 1 is 1.46 bits per heavy atom. The summed E-state index contributed by atoms with van der Waals surface area (Å²) in [7, 11) is 3.20. The Kier molecular flexibility index (Phi) is 3.28. The third kappa shape index (κ3) is 2.45. The van der Waals surface area contributed by atoms with Crippen molar-refractivity contribution in [3.8, 4) is 5.75 Å². The first kappa shape index (κ1) is 9.54. The number of hydrogen-bond acceptors (Lipinski definition) is 3. The highest BCUT2D eigenvalue weighted by Gasteiger charge is 2.03. The van der Waals surface area contributed by atoms with Crippen molar-refractivity contribution < 1.29 is 9.53 Å². The van der Waals surface area contributed by atoms with Crippen LogP contribution in [-0.2, 0) is 0 Å². The standard InChI is InChI=1S/C9H12N2O2/c1-10-11-9(12)7-4-3-5-8(6-7)13-2/h3-6,10H,1-2H3,(H,11,12). The highest BCUT2D eigenvalue weighted by molar-refractivity contribution is 5.94. The minimum absolute atomic E-state index is 0.179. The van der Waals surface area contributed by atoms with Crippen molar-refractivity contribution >= 4 is 5.91 Å². The van der Waals surface area contributed by atoms with E-state index < -0.39 is 0 Å². The molecule has 0 aliphatic heterocycles.